The van der Waals surface area contributed by atoms with Gasteiger partial charge in [0.2, 0.25) is 11.8 Å². The normalized spacial score (nSPS) is 19.4. The van der Waals surface area contributed by atoms with Gasteiger partial charge in [0, 0.05) is 38.1 Å². The smallest absolute Gasteiger partial charge is 0.230 e. The first-order chi connectivity index (χ1) is 11.9. The Hall–Kier alpha value is -0.930. The van der Waals surface area contributed by atoms with Gasteiger partial charge in [0.25, 0.3) is 0 Å². The van der Waals surface area contributed by atoms with Crippen LogP contribution in [0.15, 0.2) is 0 Å². The molecule has 1 fully saturated rings. The van der Waals surface area contributed by atoms with Gasteiger partial charge < -0.3 is 16.4 Å². The summed E-state index contributed by atoms with van der Waals surface area (Å²) >= 11 is 4.49. The molecule has 1 heterocycles. The van der Waals surface area contributed by atoms with Crippen molar-refractivity contribution in [2.45, 2.75) is 26.2 Å². The van der Waals surface area contributed by atoms with Gasteiger partial charge in [-0.1, -0.05) is 22.4 Å². The van der Waals surface area contributed by atoms with Crippen LogP contribution in [0, 0.1) is 11.8 Å². The third-order valence-electron chi connectivity index (χ3n) is 3.77. The zero-order chi connectivity index (χ0) is 19.2. The second-order valence-corrected chi connectivity index (χ2v) is 7.24. The molecule has 0 aromatic carbocycles. The predicted molar refractivity (Wildman–Crippen MR) is 104 cm³/mol. The minimum absolute atomic E-state index is 0.00703. The predicted octanol–water partition coefficient (Wildman–Crippen LogP) is 0.496. The van der Waals surface area contributed by atoms with Crippen LogP contribution >= 0.6 is 27.7 Å². The van der Waals surface area contributed by atoms with Gasteiger partial charge in [-0.3, -0.25) is 19.2 Å². The SMILES string of the molecule is CC(=O)NCCCCC1C(=O)CSC[C@H]1C(=O)CN.CNC(=O)CBr. The van der Waals surface area contributed by atoms with Gasteiger partial charge >= 0.3 is 0 Å². The molecule has 0 aromatic heterocycles. The van der Waals surface area contributed by atoms with Crippen LogP contribution in [0.5, 0.6) is 0 Å². The number of halogens is 1. The number of carbonyl (C=O) groups excluding carboxylic acids is 4. The minimum atomic E-state index is -0.211. The molecule has 0 radical (unpaired) electrons. The molecule has 0 bridgehead atoms. The van der Waals surface area contributed by atoms with Gasteiger partial charge in [-0.2, -0.15) is 11.8 Å². The van der Waals surface area contributed by atoms with E-state index in [4.69, 9.17) is 5.73 Å². The first-order valence-electron chi connectivity index (χ1n) is 8.21. The van der Waals surface area contributed by atoms with Crippen molar-refractivity contribution in [3.05, 3.63) is 0 Å². The molecule has 2 atom stereocenters. The maximum absolute atomic E-state index is 11.9. The van der Waals surface area contributed by atoms with Gasteiger partial charge in [0.05, 0.1) is 17.6 Å². The summed E-state index contributed by atoms with van der Waals surface area (Å²) in [6.07, 6.45) is 2.39. The largest absolute Gasteiger partial charge is 0.358 e. The highest BCUT2D eigenvalue weighted by molar-refractivity contribution is 9.09. The van der Waals surface area contributed by atoms with Gasteiger partial charge in [0.15, 0.2) is 5.78 Å². The number of amides is 2. The molecule has 7 nitrogen and oxygen atoms in total. The fraction of sp³-hybridized carbons (Fsp3) is 0.750. The number of Topliss-reactive ketones (excluding diaryl/α,β-unsaturated/α-hetero) is 2. The summed E-state index contributed by atoms with van der Waals surface area (Å²) in [6, 6.07) is 0. The van der Waals surface area contributed by atoms with Crippen LogP contribution in [0.2, 0.25) is 0 Å². The molecule has 0 spiro atoms. The standard InChI is InChI=1S/C13H22N2O3S.C3H6BrNO/c1-9(16)15-5-3-2-4-10-11(12(17)6-14)7-19-8-13(10)18;1-5-3(6)2-4/h10-11H,2-8,14H2,1H3,(H,15,16);2H2,1H3,(H,5,6)/t10?,11-;/m1./s1. The van der Waals surface area contributed by atoms with Crippen molar-refractivity contribution in [3.63, 3.8) is 0 Å². The van der Waals surface area contributed by atoms with Crippen molar-refractivity contribution in [3.8, 4) is 0 Å². The molecule has 0 aliphatic carbocycles. The fourth-order valence-electron chi connectivity index (χ4n) is 2.39. The van der Waals surface area contributed by atoms with Crippen LogP contribution in [0.25, 0.3) is 0 Å². The fourth-order valence-corrected chi connectivity index (χ4v) is 3.87. The summed E-state index contributed by atoms with van der Waals surface area (Å²) in [6.45, 7) is 2.12. The number of nitrogens with one attached hydrogen (secondary N) is 2. The van der Waals surface area contributed by atoms with Crippen molar-refractivity contribution in [1.29, 1.82) is 0 Å². The third kappa shape index (κ3) is 10.6. The lowest BCUT2D eigenvalue weighted by Crippen LogP contribution is -2.39. The van der Waals surface area contributed by atoms with Gasteiger partial charge in [-0.05, 0) is 12.8 Å². The van der Waals surface area contributed by atoms with Crippen LogP contribution < -0.4 is 16.4 Å². The highest BCUT2D eigenvalue weighted by Crippen LogP contribution is 2.30. The summed E-state index contributed by atoms with van der Waals surface area (Å²) in [4.78, 5) is 44.4. The van der Waals surface area contributed by atoms with E-state index in [1.807, 2.05) is 0 Å². The van der Waals surface area contributed by atoms with E-state index in [0.717, 1.165) is 19.3 Å². The lowest BCUT2D eigenvalue weighted by atomic mass is 9.83. The molecule has 144 valence electrons. The Morgan fingerprint density at radius 1 is 1.32 bits per heavy atom. The molecule has 1 rings (SSSR count). The Morgan fingerprint density at radius 2 is 2.00 bits per heavy atom. The van der Waals surface area contributed by atoms with Crippen molar-refractivity contribution in [1.82, 2.24) is 10.6 Å². The van der Waals surface area contributed by atoms with Crippen LogP contribution in [0.1, 0.15) is 26.2 Å². The number of nitrogens with two attached hydrogens (primary N) is 1. The van der Waals surface area contributed by atoms with Crippen LogP contribution in [0.4, 0.5) is 0 Å². The van der Waals surface area contributed by atoms with E-state index in [0.29, 0.717) is 23.4 Å². The lowest BCUT2D eigenvalue weighted by Gasteiger charge is -2.28. The van der Waals surface area contributed by atoms with E-state index in [1.165, 1.54) is 18.7 Å². The average molecular weight is 438 g/mol. The molecular formula is C16H28BrN3O4S. The van der Waals surface area contributed by atoms with Crippen molar-refractivity contribution in [2.24, 2.45) is 17.6 Å². The Morgan fingerprint density at radius 3 is 2.48 bits per heavy atom. The number of carbonyl (C=O) groups is 4. The van der Waals surface area contributed by atoms with Gasteiger partial charge in [0.1, 0.15) is 5.78 Å². The molecule has 1 aliphatic rings. The average Bonchev–Trinajstić information content (AvgIpc) is 2.61. The van der Waals surface area contributed by atoms with Crippen LogP contribution in [-0.2, 0) is 19.2 Å². The highest BCUT2D eigenvalue weighted by atomic mass is 79.9. The number of thioether (sulfide) groups is 1. The molecule has 2 amide bonds. The number of hydrogen-bond acceptors (Lipinski definition) is 6. The molecule has 4 N–H and O–H groups in total. The number of ketones is 2. The van der Waals surface area contributed by atoms with Gasteiger partial charge in [-0.25, -0.2) is 0 Å². The van der Waals surface area contributed by atoms with E-state index in [1.54, 1.807) is 7.05 Å². The first kappa shape index (κ1) is 24.1. The molecule has 0 saturated carbocycles. The quantitative estimate of drug-likeness (QED) is 0.375. The Balaban J connectivity index is 0.000000823. The zero-order valence-corrected chi connectivity index (χ0v) is 17.2. The maximum Gasteiger partial charge on any atom is 0.230 e. The van der Waals surface area contributed by atoms with E-state index in [-0.39, 0.29) is 41.8 Å². The highest BCUT2D eigenvalue weighted by Gasteiger charge is 2.35. The second kappa shape index (κ2) is 14.3. The number of unbranched alkanes of at least 4 members (excludes halogenated alkanes) is 1. The monoisotopic (exact) mass is 437 g/mol. The first-order valence-corrected chi connectivity index (χ1v) is 10.5. The number of hydrogen-bond donors (Lipinski definition) is 3. The minimum Gasteiger partial charge on any atom is -0.358 e. The summed E-state index contributed by atoms with van der Waals surface area (Å²) in [5, 5.41) is 5.55. The summed E-state index contributed by atoms with van der Waals surface area (Å²) in [7, 11) is 1.60. The Labute approximate surface area is 161 Å². The van der Waals surface area contributed by atoms with E-state index in [9.17, 15) is 19.2 Å². The summed E-state index contributed by atoms with van der Waals surface area (Å²) < 4.78 is 0. The second-order valence-electron chi connectivity index (χ2n) is 5.65. The molecule has 0 aromatic rings. The molecule has 1 unspecified atom stereocenters. The van der Waals surface area contributed by atoms with E-state index < -0.39 is 0 Å². The van der Waals surface area contributed by atoms with Gasteiger partial charge in [-0.15, -0.1) is 0 Å². The molecule has 1 aliphatic heterocycles. The molecule has 1 saturated heterocycles. The van der Waals surface area contributed by atoms with Crippen LogP contribution in [-0.4, -0.2) is 60.4 Å². The van der Waals surface area contributed by atoms with Crippen molar-refractivity contribution < 1.29 is 19.2 Å². The van der Waals surface area contributed by atoms with Crippen molar-refractivity contribution >= 4 is 51.1 Å². The van der Waals surface area contributed by atoms with E-state index in [2.05, 4.69) is 26.6 Å². The zero-order valence-electron chi connectivity index (χ0n) is 14.8. The van der Waals surface area contributed by atoms with E-state index >= 15 is 0 Å². The number of alkyl halides is 1. The summed E-state index contributed by atoms with van der Waals surface area (Å²) in [5.41, 5.74) is 5.40. The summed E-state index contributed by atoms with van der Waals surface area (Å²) in [5.74, 6) is 0.959. The Kier molecular flexibility index (Phi) is 13.7. The maximum atomic E-state index is 11.9. The topological polar surface area (TPSA) is 118 Å². The lowest BCUT2D eigenvalue weighted by molar-refractivity contribution is -0.130. The van der Waals surface area contributed by atoms with Crippen LogP contribution in [0.3, 0.4) is 0 Å². The van der Waals surface area contributed by atoms with Crippen molar-refractivity contribution in [2.75, 3.05) is 37.0 Å². The Bertz CT molecular complexity index is 457. The molecule has 9 heteroatoms. The third-order valence-corrected chi connectivity index (χ3v) is 5.36. The number of rotatable bonds is 8. The molecular weight excluding hydrogens is 410 g/mol. The molecule has 25 heavy (non-hydrogen) atoms.